The maximum Gasteiger partial charge on any atom is 0.407 e. The minimum atomic E-state index is -0.452. The van der Waals surface area contributed by atoms with E-state index in [-0.39, 0.29) is 18.1 Å². The van der Waals surface area contributed by atoms with E-state index < -0.39 is 5.60 Å². The third-order valence-electron chi connectivity index (χ3n) is 2.83. The van der Waals surface area contributed by atoms with Crippen LogP contribution in [0.1, 0.15) is 34.1 Å². The van der Waals surface area contributed by atoms with E-state index in [0.29, 0.717) is 6.04 Å². The number of rotatable bonds is 2. The van der Waals surface area contributed by atoms with E-state index >= 15 is 0 Å². The minimum absolute atomic E-state index is 0.110. The van der Waals surface area contributed by atoms with Crippen molar-refractivity contribution < 1.29 is 9.53 Å². The number of carbonyl (C=O) groups is 1. The third-order valence-corrected chi connectivity index (χ3v) is 2.83. The summed E-state index contributed by atoms with van der Waals surface area (Å²) in [6.07, 6.45) is 2.44. The minimum Gasteiger partial charge on any atom is -0.444 e. The molecule has 0 aromatic rings. The second-order valence-electron chi connectivity index (χ2n) is 5.70. The topological polar surface area (TPSA) is 50.4 Å². The van der Waals surface area contributed by atoms with Crippen LogP contribution in [0, 0.1) is 5.92 Å². The standard InChI is InChI=1S/C13H24N2O2/c1-6-10-8-14-9(2)7-11(10)15-12(16)17-13(3,4)5/h6,9-11,14H,1,7-8H2,2-5H3,(H,15,16). The monoisotopic (exact) mass is 240 g/mol. The van der Waals surface area contributed by atoms with Gasteiger partial charge in [0.2, 0.25) is 0 Å². The zero-order chi connectivity index (χ0) is 13.1. The predicted octanol–water partition coefficient (Wildman–Crippen LogP) is 2.06. The molecule has 3 unspecified atom stereocenters. The fourth-order valence-electron chi connectivity index (χ4n) is 1.99. The lowest BCUT2D eigenvalue weighted by Gasteiger charge is -2.35. The van der Waals surface area contributed by atoms with Crippen molar-refractivity contribution in [3.63, 3.8) is 0 Å². The van der Waals surface area contributed by atoms with Gasteiger partial charge in [0.25, 0.3) is 0 Å². The van der Waals surface area contributed by atoms with Crippen LogP contribution in [0.3, 0.4) is 0 Å². The van der Waals surface area contributed by atoms with Crippen molar-refractivity contribution in [1.82, 2.24) is 10.6 Å². The van der Waals surface area contributed by atoms with Crippen LogP contribution in [0.2, 0.25) is 0 Å². The molecule has 1 saturated heterocycles. The smallest absolute Gasteiger partial charge is 0.407 e. The molecule has 1 fully saturated rings. The SMILES string of the molecule is C=CC1CNC(C)CC1NC(=O)OC(C)(C)C. The van der Waals surface area contributed by atoms with Gasteiger partial charge in [-0.3, -0.25) is 0 Å². The van der Waals surface area contributed by atoms with Crippen LogP contribution in [0.25, 0.3) is 0 Å². The Bertz CT molecular complexity index is 284. The summed E-state index contributed by atoms with van der Waals surface area (Å²) in [6.45, 7) is 12.4. The molecular formula is C13H24N2O2. The molecule has 17 heavy (non-hydrogen) atoms. The molecule has 3 atom stereocenters. The number of piperidine rings is 1. The highest BCUT2D eigenvalue weighted by Gasteiger charge is 2.29. The Hall–Kier alpha value is -1.03. The van der Waals surface area contributed by atoms with Crippen molar-refractivity contribution in [3.05, 3.63) is 12.7 Å². The number of alkyl carbamates (subject to hydrolysis) is 1. The lowest BCUT2D eigenvalue weighted by atomic mass is 9.90. The summed E-state index contributed by atoms with van der Waals surface area (Å²) in [5.41, 5.74) is -0.452. The van der Waals surface area contributed by atoms with Crippen LogP contribution in [0.4, 0.5) is 4.79 Å². The quantitative estimate of drug-likeness (QED) is 0.726. The number of nitrogens with one attached hydrogen (secondary N) is 2. The zero-order valence-electron chi connectivity index (χ0n) is 11.2. The lowest BCUT2D eigenvalue weighted by molar-refractivity contribution is 0.0477. The molecule has 0 bridgehead atoms. The van der Waals surface area contributed by atoms with Gasteiger partial charge in [0.15, 0.2) is 0 Å². The molecule has 4 nitrogen and oxygen atoms in total. The molecule has 1 amide bonds. The van der Waals surface area contributed by atoms with Gasteiger partial charge in [-0.1, -0.05) is 6.08 Å². The van der Waals surface area contributed by atoms with Gasteiger partial charge < -0.3 is 15.4 Å². The van der Waals surface area contributed by atoms with Crippen molar-refractivity contribution in [1.29, 1.82) is 0 Å². The van der Waals surface area contributed by atoms with Gasteiger partial charge in [-0.2, -0.15) is 0 Å². The van der Waals surface area contributed by atoms with E-state index in [4.69, 9.17) is 4.74 Å². The van der Waals surface area contributed by atoms with Crippen LogP contribution >= 0.6 is 0 Å². The maximum atomic E-state index is 11.7. The molecule has 0 aromatic heterocycles. The van der Waals surface area contributed by atoms with Crippen molar-refractivity contribution in [2.75, 3.05) is 6.54 Å². The molecule has 1 heterocycles. The van der Waals surface area contributed by atoms with Gasteiger partial charge in [-0.05, 0) is 34.1 Å². The highest BCUT2D eigenvalue weighted by Crippen LogP contribution is 2.17. The number of ether oxygens (including phenoxy) is 1. The third kappa shape index (κ3) is 4.77. The van der Waals surface area contributed by atoms with Gasteiger partial charge in [0, 0.05) is 24.5 Å². The van der Waals surface area contributed by atoms with Crippen molar-refractivity contribution in [3.8, 4) is 0 Å². The first-order chi connectivity index (χ1) is 7.81. The predicted molar refractivity (Wildman–Crippen MR) is 68.9 cm³/mol. The largest absolute Gasteiger partial charge is 0.444 e. The molecule has 0 radical (unpaired) electrons. The van der Waals surface area contributed by atoms with Crippen molar-refractivity contribution >= 4 is 6.09 Å². The lowest BCUT2D eigenvalue weighted by Crippen LogP contribution is -2.52. The average Bonchev–Trinajstić information content (AvgIpc) is 2.14. The van der Waals surface area contributed by atoms with Crippen molar-refractivity contribution in [2.45, 2.75) is 51.8 Å². The molecular weight excluding hydrogens is 216 g/mol. The molecule has 98 valence electrons. The van der Waals surface area contributed by atoms with E-state index in [1.807, 2.05) is 26.8 Å². The summed E-state index contributed by atoms with van der Waals surface area (Å²) >= 11 is 0. The average molecular weight is 240 g/mol. The first-order valence-electron chi connectivity index (χ1n) is 6.17. The number of amides is 1. The van der Waals surface area contributed by atoms with Gasteiger partial charge >= 0.3 is 6.09 Å². The number of hydrogen-bond acceptors (Lipinski definition) is 3. The molecule has 2 N–H and O–H groups in total. The molecule has 1 aliphatic heterocycles. The summed E-state index contributed by atoms with van der Waals surface area (Å²) in [6, 6.07) is 0.518. The Kier molecular flexibility index (Phi) is 4.57. The van der Waals surface area contributed by atoms with Crippen molar-refractivity contribution in [2.24, 2.45) is 5.92 Å². The van der Waals surface area contributed by atoms with Crippen LogP contribution in [0.5, 0.6) is 0 Å². The summed E-state index contributed by atoms with van der Waals surface area (Å²) in [7, 11) is 0. The molecule has 0 spiro atoms. The van der Waals surface area contributed by atoms with Gasteiger partial charge in [-0.15, -0.1) is 6.58 Å². The summed E-state index contributed by atoms with van der Waals surface area (Å²) in [5, 5.41) is 6.31. The fourth-order valence-corrected chi connectivity index (χ4v) is 1.99. The Morgan fingerprint density at radius 2 is 2.18 bits per heavy atom. The highest BCUT2D eigenvalue weighted by atomic mass is 16.6. The van der Waals surface area contributed by atoms with E-state index in [1.165, 1.54) is 0 Å². The van der Waals surface area contributed by atoms with E-state index in [2.05, 4.69) is 24.1 Å². The second-order valence-corrected chi connectivity index (χ2v) is 5.70. The van der Waals surface area contributed by atoms with Crippen LogP contribution < -0.4 is 10.6 Å². The number of hydrogen-bond donors (Lipinski definition) is 2. The maximum absolute atomic E-state index is 11.7. The Labute approximate surface area is 104 Å². The Balaban J connectivity index is 2.52. The Morgan fingerprint density at radius 1 is 1.53 bits per heavy atom. The summed E-state index contributed by atoms with van der Waals surface area (Å²) in [5.74, 6) is 0.263. The normalized spacial score (nSPS) is 29.5. The van der Waals surface area contributed by atoms with E-state index in [1.54, 1.807) is 0 Å². The molecule has 0 saturated carbocycles. The summed E-state index contributed by atoms with van der Waals surface area (Å²) < 4.78 is 5.26. The summed E-state index contributed by atoms with van der Waals surface area (Å²) in [4.78, 5) is 11.7. The van der Waals surface area contributed by atoms with Gasteiger partial charge in [0.1, 0.15) is 5.60 Å². The zero-order valence-corrected chi connectivity index (χ0v) is 11.2. The second kappa shape index (κ2) is 5.54. The molecule has 1 aliphatic rings. The highest BCUT2D eigenvalue weighted by molar-refractivity contribution is 5.68. The van der Waals surface area contributed by atoms with Crippen LogP contribution in [-0.2, 0) is 4.74 Å². The van der Waals surface area contributed by atoms with Crippen LogP contribution in [-0.4, -0.2) is 30.3 Å². The first-order valence-corrected chi connectivity index (χ1v) is 6.17. The molecule has 1 rings (SSSR count). The fraction of sp³-hybridized carbons (Fsp3) is 0.769. The molecule has 0 aromatic carbocycles. The van der Waals surface area contributed by atoms with Crippen LogP contribution in [0.15, 0.2) is 12.7 Å². The Morgan fingerprint density at radius 3 is 2.71 bits per heavy atom. The van der Waals surface area contributed by atoms with E-state index in [9.17, 15) is 4.79 Å². The van der Waals surface area contributed by atoms with Gasteiger partial charge in [0.05, 0.1) is 0 Å². The van der Waals surface area contributed by atoms with Gasteiger partial charge in [-0.25, -0.2) is 4.79 Å². The molecule has 0 aliphatic carbocycles. The van der Waals surface area contributed by atoms with E-state index in [0.717, 1.165) is 13.0 Å². The first kappa shape index (κ1) is 14.0. The number of carbonyl (C=O) groups excluding carboxylic acids is 1. The molecule has 4 heteroatoms.